The van der Waals surface area contributed by atoms with Gasteiger partial charge in [-0.2, -0.15) is 0 Å². The van der Waals surface area contributed by atoms with E-state index in [0.29, 0.717) is 17.0 Å². The molecule has 0 amide bonds. The molecule has 0 saturated heterocycles. The zero-order valence-electron chi connectivity index (χ0n) is 9.34. The molecule has 1 atom stereocenters. The van der Waals surface area contributed by atoms with Crippen molar-refractivity contribution in [3.8, 4) is 0 Å². The van der Waals surface area contributed by atoms with Gasteiger partial charge in [-0.05, 0) is 30.2 Å². The van der Waals surface area contributed by atoms with Crippen LogP contribution in [-0.2, 0) is 6.42 Å². The summed E-state index contributed by atoms with van der Waals surface area (Å²) in [6.07, 6.45) is 1.69. The third-order valence-corrected chi connectivity index (χ3v) is 2.99. The van der Waals surface area contributed by atoms with E-state index in [1.807, 2.05) is 6.92 Å². The summed E-state index contributed by atoms with van der Waals surface area (Å²) < 4.78 is 13.0. The number of benzene rings is 1. The van der Waals surface area contributed by atoms with E-state index in [-0.39, 0.29) is 18.8 Å². The lowest BCUT2D eigenvalue weighted by Gasteiger charge is -2.26. The molecular formula is C12H17ClFNO. The highest BCUT2D eigenvalue weighted by molar-refractivity contribution is 6.31. The molecule has 0 aliphatic rings. The van der Waals surface area contributed by atoms with Crippen LogP contribution in [0.2, 0.25) is 5.02 Å². The van der Waals surface area contributed by atoms with Crippen LogP contribution in [0.25, 0.3) is 0 Å². The lowest BCUT2D eigenvalue weighted by Crippen LogP contribution is -2.39. The Balaban J connectivity index is 2.89. The molecular weight excluding hydrogens is 229 g/mol. The van der Waals surface area contributed by atoms with Gasteiger partial charge in [-0.3, -0.25) is 0 Å². The quantitative estimate of drug-likeness (QED) is 0.837. The Labute approximate surface area is 100 Å². The standard InChI is InChI=1S/C12H17ClFNO/c1-2-5-12(16,8-15)7-9-6-10(14)3-4-11(9)13/h3-4,6,16H,2,5,7-8,15H2,1H3. The SMILES string of the molecule is CCCC(O)(CN)Cc1cc(F)ccc1Cl. The number of halogens is 2. The van der Waals surface area contributed by atoms with Gasteiger partial charge in [0.2, 0.25) is 0 Å². The molecule has 0 saturated carbocycles. The Morgan fingerprint density at radius 1 is 1.50 bits per heavy atom. The second kappa shape index (κ2) is 5.62. The minimum Gasteiger partial charge on any atom is -0.388 e. The Hall–Kier alpha value is -0.640. The normalized spacial score (nSPS) is 14.8. The molecule has 1 unspecified atom stereocenters. The van der Waals surface area contributed by atoms with E-state index in [9.17, 15) is 9.50 Å². The maximum Gasteiger partial charge on any atom is 0.123 e. The maximum atomic E-state index is 13.0. The fourth-order valence-corrected chi connectivity index (χ4v) is 1.95. The molecule has 2 nitrogen and oxygen atoms in total. The van der Waals surface area contributed by atoms with Crippen molar-refractivity contribution < 1.29 is 9.50 Å². The van der Waals surface area contributed by atoms with Crippen LogP contribution in [0.15, 0.2) is 18.2 Å². The molecule has 0 spiro atoms. The molecule has 4 heteroatoms. The molecule has 1 aromatic rings. The zero-order chi connectivity index (χ0) is 12.2. The third kappa shape index (κ3) is 3.44. The lowest BCUT2D eigenvalue weighted by atomic mass is 9.90. The Kier molecular flexibility index (Phi) is 4.71. The number of hydrogen-bond acceptors (Lipinski definition) is 2. The smallest absolute Gasteiger partial charge is 0.123 e. The fraction of sp³-hybridized carbons (Fsp3) is 0.500. The molecule has 0 radical (unpaired) electrons. The Morgan fingerprint density at radius 3 is 2.75 bits per heavy atom. The second-order valence-corrected chi connectivity index (χ2v) is 4.50. The Bertz CT molecular complexity index is 359. The van der Waals surface area contributed by atoms with Crippen LogP contribution < -0.4 is 5.73 Å². The van der Waals surface area contributed by atoms with E-state index in [0.717, 1.165) is 6.42 Å². The molecule has 0 bridgehead atoms. The van der Waals surface area contributed by atoms with Crippen molar-refractivity contribution >= 4 is 11.6 Å². The molecule has 0 aliphatic heterocycles. The maximum absolute atomic E-state index is 13.0. The molecule has 0 heterocycles. The van der Waals surface area contributed by atoms with E-state index in [1.165, 1.54) is 18.2 Å². The topological polar surface area (TPSA) is 46.2 Å². The molecule has 16 heavy (non-hydrogen) atoms. The number of aliphatic hydroxyl groups is 1. The second-order valence-electron chi connectivity index (χ2n) is 4.09. The van der Waals surface area contributed by atoms with Gasteiger partial charge in [0.25, 0.3) is 0 Å². The van der Waals surface area contributed by atoms with Crippen molar-refractivity contribution in [2.45, 2.75) is 31.8 Å². The van der Waals surface area contributed by atoms with Crippen molar-refractivity contribution in [3.05, 3.63) is 34.6 Å². The first kappa shape index (κ1) is 13.4. The number of hydrogen-bond donors (Lipinski definition) is 2. The predicted octanol–water partition coefficient (Wildman–Crippen LogP) is 2.51. The van der Waals surface area contributed by atoms with E-state index in [2.05, 4.69) is 0 Å². The van der Waals surface area contributed by atoms with Gasteiger partial charge in [0.1, 0.15) is 5.82 Å². The third-order valence-electron chi connectivity index (χ3n) is 2.62. The van der Waals surface area contributed by atoms with Crippen LogP contribution in [0.3, 0.4) is 0 Å². The van der Waals surface area contributed by atoms with Crippen molar-refractivity contribution in [3.63, 3.8) is 0 Å². The highest BCUT2D eigenvalue weighted by Crippen LogP contribution is 2.24. The first-order valence-electron chi connectivity index (χ1n) is 5.37. The average molecular weight is 246 g/mol. The van der Waals surface area contributed by atoms with Crippen LogP contribution >= 0.6 is 11.6 Å². The Morgan fingerprint density at radius 2 is 2.19 bits per heavy atom. The monoisotopic (exact) mass is 245 g/mol. The fourth-order valence-electron chi connectivity index (χ4n) is 1.76. The summed E-state index contributed by atoms with van der Waals surface area (Å²) in [4.78, 5) is 0. The summed E-state index contributed by atoms with van der Waals surface area (Å²) in [5, 5.41) is 10.6. The number of rotatable bonds is 5. The summed E-state index contributed by atoms with van der Waals surface area (Å²) in [6.45, 7) is 2.11. The summed E-state index contributed by atoms with van der Waals surface area (Å²) in [5.74, 6) is -0.352. The molecule has 0 aromatic heterocycles. The molecule has 3 N–H and O–H groups in total. The van der Waals surface area contributed by atoms with E-state index in [1.54, 1.807) is 0 Å². The average Bonchev–Trinajstić information content (AvgIpc) is 2.24. The van der Waals surface area contributed by atoms with Crippen molar-refractivity contribution in [1.29, 1.82) is 0 Å². The van der Waals surface area contributed by atoms with Crippen molar-refractivity contribution in [2.24, 2.45) is 5.73 Å². The zero-order valence-corrected chi connectivity index (χ0v) is 10.1. The summed E-state index contributed by atoms with van der Waals surface area (Å²) >= 11 is 5.94. The highest BCUT2D eigenvalue weighted by Gasteiger charge is 2.25. The van der Waals surface area contributed by atoms with Crippen LogP contribution in [0.4, 0.5) is 4.39 Å². The van der Waals surface area contributed by atoms with Gasteiger partial charge in [-0.25, -0.2) is 4.39 Å². The van der Waals surface area contributed by atoms with E-state index < -0.39 is 5.60 Å². The van der Waals surface area contributed by atoms with Crippen LogP contribution in [0, 0.1) is 5.82 Å². The van der Waals surface area contributed by atoms with Crippen LogP contribution in [-0.4, -0.2) is 17.3 Å². The van der Waals surface area contributed by atoms with Gasteiger partial charge in [0, 0.05) is 18.0 Å². The highest BCUT2D eigenvalue weighted by atomic mass is 35.5. The van der Waals surface area contributed by atoms with Gasteiger partial charge in [0.05, 0.1) is 5.60 Å². The molecule has 1 aromatic carbocycles. The van der Waals surface area contributed by atoms with Crippen molar-refractivity contribution in [1.82, 2.24) is 0 Å². The van der Waals surface area contributed by atoms with Crippen LogP contribution in [0.1, 0.15) is 25.3 Å². The minimum atomic E-state index is -0.994. The summed E-state index contributed by atoms with van der Waals surface area (Å²) in [5.41, 5.74) is 5.15. The first-order valence-corrected chi connectivity index (χ1v) is 5.75. The first-order chi connectivity index (χ1) is 7.50. The van der Waals surface area contributed by atoms with Gasteiger partial charge in [-0.1, -0.05) is 24.9 Å². The van der Waals surface area contributed by atoms with E-state index >= 15 is 0 Å². The number of nitrogens with two attached hydrogens (primary N) is 1. The molecule has 1 rings (SSSR count). The summed E-state index contributed by atoms with van der Waals surface area (Å²) in [7, 11) is 0. The van der Waals surface area contributed by atoms with Gasteiger partial charge < -0.3 is 10.8 Å². The van der Waals surface area contributed by atoms with Gasteiger partial charge in [0.15, 0.2) is 0 Å². The lowest BCUT2D eigenvalue weighted by molar-refractivity contribution is 0.0398. The van der Waals surface area contributed by atoms with Crippen molar-refractivity contribution in [2.75, 3.05) is 6.54 Å². The molecule has 0 fully saturated rings. The van der Waals surface area contributed by atoms with Gasteiger partial charge in [-0.15, -0.1) is 0 Å². The predicted molar refractivity (Wildman–Crippen MR) is 64.0 cm³/mol. The van der Waals surface area contributed by atoms with Gasteiger partial charge >= 0.3 is 0 Å². The van der Waals surface area contributed by atoms with Crippen LogP contribution in [0.5, 0.6) is 0 Å². The summed E-state index contributed by atoms with van der Waals surface area (Å²) in [6, 6.07) is 4.14. The van der Waals surface area contributed by atoms with E-state index in [4.69, 9.17) is 17.3 Å². The minimum absolute atomic E-state index is 0.147. The largest absolute Gasteiger partial charge is 0.388 e. The molecule has 0 aliphatic carbocycles. The molecule has 90 valence electrons.